The van der Waals surface area contributed by atoms with Crippen molar-refractivity contribution in [3.05, 3.63) is 21.4 Å². The molecule has 1 saturated carbocycles. The van der Waals surface area contributed by atoms with Gasteiger partial charge in [-0.25, -0.2) is 18.0 Å². The average Bonchev–Trinajstić information content (AvgIpc) is 3.09. The first kappa shape index (κ1) is 23.9. The SMILES string of the molecule is COC(=O)c1scc(CCC2CCC(CS(=O)(=O)C(C)(C)C)CC2)c1C(=O)OC. The molecule has 6 nitrogen and oxygen atoms in total. The van der Waals surface area contributed by atoms with E-state index in [1.54, 1.807) is 20.8 Å². The Hall–Kier alpha value is -1.41. The van der Waals surface area contributed by atoms with Gasteiger partial charge in [0.25, 0.3) is 0 Å². The molecular formula is C21H32O6S2. The molecule has 1 heterocycles. The fourth-order valence-corrected chi connectivity index (χ4v) is 6.21. The second kappa shape index (κ2) is 9.60. The van der Waals surface area contributed by atoms with E-state index in [4.69, 9.17) is 9.47 Å². The Balaban J connectivity index is 1.95. The quantitative estimate of drug-likeness (QED) is 0.584. The largest absolute Gasteiger partial charge is 0.465 e. The minimum Gasteiger partial charge on any atom is -0.465 e. The van der Waals surface area contributed by atoms with Crippen LogP contribution in [0, 0.1) is 11.8 Å². The third-order valence-electron chi connectivity index (χ3n) is 5.80. The van der Waals surface area contributed by atoms with Crippen LogP contribution >= 0.6 is 11.3 Å². The van der Waals surface area contributed by atoms with Crippen LogP contribution in [0.15, 0.2) is 5.38 Å². The van der Waals surface area contributed by atoms with E-state index in [-0.39, 0.29) is 16.5 Å². The van der Waals surface area contributed by atoms with E-state index in [0.717, 1.165) is 37.7 Å². The highest BCUT2D eigenvalue weighted by Crippen LogP contribution is 2.35. The maximum Gasteiger partial charge on any atom is 0.348 e. The molecule has 0 spiro atoms. The third-order valence-corrected chi connectivity index (χ3v) is 9.59. The van der Waals surface area contributed by atoms with Crippen molar-refractivity contribution in [1.82, 2.24) is 0 Å². The van der Waals surface area contributed by atoms with Crippen molar-refractivity contribution in [2.45, 2.75) is 64.0 Å². The Kier molecular flexibility index (Phi) is 7.90. The molecule has 2 rings (SSSR count). The number of ether oxygens (including phenoxy) is 2. The summed E-state index contributed by atoms with van der Waals surface area (Å²) in [5.74, 6) is -0.0494. The lowest BCUT2D eigenvalue weighted by Gasteiger charge is -2.30. The molecular weight excluding hydrogens is 412 g/mol. The molecule has 0 unspecified atom stereocenters. The van der Waals surface area contributed by atoms with Crippen LogP contribution in [0.1, 0.15) is 78.5 Å². The van der Waals surface area contributed by atoms with Crippen LogP contribution in [0.2, 0.25) is 0 Å². The number of hydrogen-bond donors (Lipinski definition) is 0. The van der Waals surface area contributed by atoms with Crippen LogP contribution in [0.3, 0.4) is 0 Å². The van der Waals surface area contributed by atoms with Crippen molar-refractivity contribution in [2.24, 2.45) is 11.8 Å². The second-order valence-electron chi connectivity index (χ2n) is 8.77. The molecule has 0 bridgehead atoms. The molecule has 164 valence electrons. The Morgan fingerprint density at radius 2 is 1.59 bits per heavy atom. The lowest BCUT2D eigenvalue weighted by Crippen LogP contribution is -2.34. The number of rotatable bonds is 7. The standard InChI is InChI=1S/C21H32O6S2/c1-21(2,3)29(24,25)13-15-8-6-14(7-9-15)10-11-16-12-28-18(20(23)27-5)17(16)19(22)26-4/h12,14-15H,6-11,13H2,1-5H3. The fourth-order valence-electron chi connectivity index (χ4n) is 3.75. The minimum atomic E-state index is -3.09. The molecule has 1 aliphatic carbocycles. The molecule has 0 aromatic carbocycles. The molecule has 1 fully saturated rings. The first-order valence-electron chi connectivity index (χ1n) is 9.99. The molecule has 29 heavy (non-hydrogen) atoms. The minimum absolute atomic E-state index is 0.230. The second-order valence-corrected chi connectivity index (χ2v) is 12.4. The van der Waals surface area contributed by atoms with Gasteiger partial charge >= 0.3 is 11.9 Å². The van der Waals surface area contributed by atoms with E-state index in [1.807, 2.05) is 5.38 Å². The predicted molar refractivity (Wildman–Crippen MR) is 114 cm³/mol. The zero-order valence-corrected chi connectivity index (χ0v) is 19.6. The first-order valence-corrected chi connectivity index (χ1v) is 12.5. The Morgan fingerprint density at radius 1 is 1.03 bits per heavy atom. The third kappa shape index (κ3) is 5.81. The summed E-state index contributed by atoms with van der Waals surface area (Å²) in [6.07, 6.45) is 5.41. The summed E-state index contributed by atoms with van der Waals surface area (Å²) in [6, 6.07) is 0. The van der Waals surface area contributed by atoms with Crippen molar-refractivity contribution in [1.29, 1.82) is 0 Å². The van der Waals surface area contributed by atoms with Crippen LogP contribution in [0.4, 0.5) is 0 Å². The van der Waals surface area contributed by atoms with Gasteiger partial charge in [0, 0.05) is 0 Å². The van der Waals surface area contributed by atoms with E-state index >= 15 is 0 Å². The fraction of sp³-hybridized carbons (Fsp3) is 0.714. The molecule has 0 atom stereocenters. The van der Waals surface area contributed by atoms with Crippen LogP contribution in [-0.4, -0.2) is 45.1 Å². The molecule has 1 aliphatic rings. The summed E-state index contributed by atoms with van der Waals surface area (Å²) >= 11 is 1.21. The smallest absolute Gasteiger partial charge is 0.348 e. The molecule has 0 saturated heterocycles. The summed E-state index contributed by atoms with van der Waals surface area (Å²) < 4.78 is 33.8. The number of esters is 2. The Labute approximate surface area is 177 Å². The van der Waals surface area contributed by atoms with Gasteiger partial charge in [-0.3, -0.25) is 0 Å². The summed E-state index contributed by atoms with van der Waals surface area (Å²) in [5, 5.41) is 1.83. The average molecular weight is 445 g/mol. The van der Waals surface area contributed by atoms with E-state index in [0.29, 0.717) is 17.9 Å². The van der Waals surface area contributed by atoms with Crippen molar-refractivity contribution in [3.63, 3.8) is 0 Å². The predicted octanol–water partition coefficient (Wildman–Crippen LogP) is 4.27. The van der Waals surface area contributed by atoms with Gasteiger partial charge in [-0.05, 0) is 69.2 Å². The monoisotopic (exact) mass is 444 g/mol. The molecule has 0 aliphatic heterocycles. The number of aryl methyl sites for hydroxylation is 1. The lowest BCUT2D eigenvalue weighted by atomic mass is 9.80. The van der Waals surface area contributed by atoms with Gasteiger partial charge in [0.2, 0.25) is 0 Å². The topological polar surface area (TPSA) is 86.7 Å². The van der Waals surface area contributed by atoms with E-state index in [9.17, 15) is 18.0 Å². The van der Waals surface area contributed by atoms with Gasteiger partial charge in [-0.2, -0.15) is 0 Å². The molecule has 1 aromatic rings. The van der Waals surface area contributed by atoms with Crippen LogP contribution in [-0.2, 0) is 25.7 Å². The molecule has 0 amide bonds. The molecule has 1 aromatic heterocycles. The summed E-state index contributed by atoms with van der Waals surface area (Å²) in [5.41, 5.74) is 1.13. The Morgan fingerprint density at radius 3 is 2.10 bits per heavy atom. The van der Waals surface area contributed by atoms with E-state index in [1.165, 1.54) is 25.6 Å². The summed E-state index contributed by atoms with van der Waals surface area (Å²) in [4.78, 5) is 24.4. The van der Waals surface area contributed by atoms with Gasteiger partial charge in [0.15, 0.2) is 9.84 Å². The number of carbonyl (C=O) groups excluding carboxylic acids is 2. The number of thiophene rings is 1. The zero-order valence-electron chi connectivity index (χ0n) is 17.9. The van der Waals surface area contributed by atoms with E-state index in [2.05, 4.69) is 0 Å². The van der Waals surface area contributed by atoms with Gasteiger partial charge in [-0.15, -0.1) is 11.3 Å². The van der Waals surface area contributed by atoms with Gasteiger partial charge < -0.3 is 9.47 Å². The van der Waals surface area contributed by atoms with Crippen molar-refractivity contribution < 1.29 is 27.5 Å². The normalized spacial score (nSPS) is 20.3. The van der Waals surface area contributed by atoms with Gasteiger partial charge in [0.1, 0.15) is 4.88 Å². The van der Waals surface area contributed by atoms with E-state index < -0.39 is 26.5 Å². The van der Waals surface area contributed by atoms with Gasteiger partial charge in [-0.1, -0.05) is 12.8 Å². The van der Waals surface area contributed by atoms with Gasteiger partial charge in [0.05, 0.1) is 30.3 Å². The van der Waals surface area contributed by atoms with Crippen molar-refractivity contribution in [2.75, 3.05) is 20.0 Å². The van der Waals surface area contributed by atoms with Crippen LogP contribution in [0.5, 0.6) is 0 Å². The molecule has 0 radical (unpaired) electrons. The van der Waals surface area contributed by atoms with Crippen LogP contribution in [0.25, 0.3) is 0 Å². The summed E-state index contributed by atoms with van der Waals surface area (Å²) in [6.45, 7) is 5.28. The Bertz CT molecular complexity index is 824. The maximum atomic E-state index is 12.4. The first-order chi connectivity index (χ1) is 13.5. The number of sulfone groups is 1. The number of methoxy groups -OCH3 is 2. The number of hydrogen-bond acceptors (Lipinski definition) is 7. The number of carbonyl (C=O) groups is 2. The highest BCUT2D eigenvalue weighted by molar-refractivity contribution is 7.92. The molecule has 0 N–H and O–H groups in total. The molecule has 8 heteroatoms. The highest BCUT2D eigenvalue weighted by atomic mass is 32.2. The zero-order chi connectivity index (χ0) is 21.8. The summed E-state index contributed by atoms with van der Waals surface area (Å²) in [7, 11) is -0.494. The maximum absolute atomic E-state index is 12.4. The highest BCUT2D eigenvalue weighted by Gasteiger charge is 2.33. The lowest BCUT2D eigenvalue weighted by molar-refractivity contribution is 0.0559. The van der Waals surface area contributed by atoms with Crippen molar-refractivity contribution in [3.8, 4) is 0 Å². The van der Waals surface area contributed by atoms with Crippen molar-refractivity contribution >= 4 is 33.1 Å². The van der Waals surface area contributed by atoms with Crippen LogP contribution < -0.4 is 0 Å².